The van der Waals surface area contributed by atoms with Crippen molar-refractivity contribution in [2.24, 2.45) is 5.92 Å². The Hall–Kier alpha value is -4.53. The van der Waals surface area contributed by atoms with Gasteiger partial charge in [-0.2, -0.15) is 0 Å². The lowest BCUT2D eigenvalue weighted by Crippen LogP contribution is -2.43. The number of aromatic nitrogens is 1. The van der Waals surface area contributed by atoms with Crippen molar-refractivity contribution < 1.29 is 28.7 Å². The minimum Gasteiger partial charge on any atom is -0.460 e. The molecule has 1 aliphatic carbocycles. The van der Waals surface area contributed by atoms with Gasteiger partial charge < -0.3 is 19.4 Å². The van der Waals surface area contributed by atoms with E-state index in [1.165, 1.54) is 4.57 Å². The fourth-order valence-corrected chi connectivity index (χ4v) is 6.24. The summed E-state index contributed by atoms with van der Waals surface area (Å²) in [6.07, 6.45) is 3.46. The number of Topliss-reactive ketones (excluding diaryl/α,β-unsaturated/α-hetero) is 2. The number of hydrogen-bond donors (Lipinski definition) is 1. The van der Waals surface area contributed by atoms with E-state index in [0.717, 1.165) is 41.5 Å². The van der Waals surface area contributed by atoms with E-state index in [1.54, 1.807) is 39.1 Å². The van der Waals surface area contributed by atoms with Gasteiger partial charge in [0.05, 0.1) is 12.6 Å². The highest BCUT2D eigenvalue weighted by Gasteiger charge is 2.30. The number of benzene rings is 2. The van der Waals surface area contributed by atoms with Crippen molar-refractivity contribution in [3.05, 3.63) is 93.9 Å². The molecule has 0 saturated carbocycles. The minimum absolute atomic E-state index is 0.0343. The van der Waals surface area contributed by atoms with Crippen molar-refractivity contribution in [3.63, 3.8) is 0 Å². The van der Waals surface area contributed by atoms with Crippen molar-refractivity contribution in [1.82, 2.24) is 9.88 Å². The maximum Gasteiger partial charge on any atom is 0.407 e. The summed E-state index contributed by atoms with van der Waals surface area (Å²) in [6, 6.07) is 18.0. The lowest BCUT2D eigenvalue weighted by Gasteiger charge is -2.22. The number of nitrogens with zero attached hydrogens (tertiary/aromatic N) is 1. The smallest absolute Gasteiger partial charge is 0.407 e. The molecule has 1 heterocycles. The van der Waals surface area contributed by atoms with E-state index in [2.05, 4.69) is 19.2 Å². The molecular formula is C39H48N2O7. The summed E-state index contributed by atoms with van der Waals surface area (Å²) in [6.45, 7) is 9.45. The molecule has 0 unspecified atom stereocenters. The fourth-order valence-electron chi connectivity index (χ4n) is 6.24. The van der Waals surface area contributed by atoms with E-state index in [4.69, 9.17) is 9.47 Å². The third-order valence-corrected chi connectivity index (χ3v) is 8.88. The number of fused-ring (bicyclic) bond motifs is 3. The first-order valence-corrected chi connectivity index (χ1v) is 17.0. The third-order valence-electron chi connectivity index (χ3n) is 8.88. The molecule has 3 aromatic rings. The van der Waals surface area contributed by atoms with Crippen LogP contribution >= 0.6 is 0 Å². The van der Waals surface area contributed by atoms with Crippen molar-refractivity contribution in [1.29, 1.82) is 0 Å². The van der Waals surface area contributed by atoms with Gasteiger partial charge >= 0.3 is 12.1 Å². The van der Waals surface area contributed by atoms with E-state index in [-0.39, 0.29) is 49.7 Å². The Bertz CT molecular complexity index is 1620. The van der Waals surface area contributed by atoms with Crippen molar-refractivity contribution in [2.75, 3.05) is 6.61 Å². The molecular weight excluding hydrogens is 608 g/mol. The summed E-state index contributed by atoms with van der Waals surface area (Å²) in [5, 5.41) is 2.65. The number of amides is 1. The zero-order valence-corrected chi connectivity index (χ0v) is 28.8. The first kappa shape index (κ1) is 36.3. The Morgan fingerprint density at radius 1 is 0.854 bits per heavy atom. The summed E-state index contributed by atoms with van der Waals surface area (Å²) < 4.78 is 12.4. The van der Waals surface area contributed by atoms with Crippen LogP contribution in [0.15, 0.2) is 71.7 Å². The number of esters is 1. The number of carbonyl (C=O) groups excluding carboxylic acids is 4. The number of pyridine rings is 1. The van der Waals surface area contributed by atoms with Crippen molar-refractivity contribution in [2.45, 2.75) is 104 Å². The average molecular weight is 657 g/mol. The van der Waals surface area contributed by atoms with E-state index < -0.39 is 35.0 Å². The highest BCUT2D eigenvalue weighted by atomic mass is 16.6. The summed E-state index contributed by atoms with van der Waals surface area (Å²) in [4.78, 5) is 65.3. The lowest BCUT2D eigenvalue weighted by molar-refractivity contribution is -0.155. The van der Waals surface area contributed by atoms with Gasteiger partial charge in [-0.3, -0.25) is 19.2 Å². The van der Waals surface area contributed by atoms with Gasteiger partial charge in [-0.25, -0.2) is 4.79 Å². The molecule has 1 aliphatic rings. The van der Waals surface area contributed by atoms with Crippen LogP contribution in [0.5, 0.6) is 0 Å². The molecule has 0 radical (unpaired) electrons. The SMILES string of the molecule is CCC(CC)CCC(=O)Cn1cccc(CC(=O)[C@H](CCC(=O)OC(C)(C)C)NC(=O)OCC2c3ccccc3-c3ccccc32)c1=O. The maximum absolute atomic E-state index is 13.6. The second-order valence-corrected chi connectivity index (χ2v) is 13.5. The molecule has 0 spiro atoms. The highest BCUT2D eigenvalue weighted by molar-refractivity contribution is 5.89. The van der Waals surface area contributed by atoms with Crippen LogP contribution in [0.3, 0.4) is 0 Å². The number of rotatable bonds is 16. The zero-order valence-electron chi connectivity index (χ0n) is 28.8. The number of ketones is 2. The predicted octanol–water partition coefficient (Wildman–Crippen LogP) is 6.77. The summed E-state index contributed by atoms with van der Waals surface area (Å²) >= 11 is 0. The second kappa shape index (κ2) is 16.5. The van der Waals surface area contributed by atoms with E-state index in [9.17, 15) is 24.0 Å². The molecule has 9 heteroatoms. The van der Waals surface area contributed by atoms with E-state index >= 15 is 0 Å². The van der Waals surface area contributed by atoms with Crippen LogP contribution in [0.2, 0.25) is 0 Å². The molecule has 0 saturated heterocycles. The Morgan fingerprint density at radius 2 is 1.48 bits per heavy atom. The predicted molar refractivity (Wildman–Crippen MR) is 185 cm³/mol. The van der Waals surface area contributed by atoms with Crippen LogP contribution in [-0.4, -0.2) is 46.4 Å². The molecule has 9 nitrogen and oxygen atoms in total. The molecule has 0 bridgehead atoms. The molecule has 48 heavy (non-hydrogen) atoms. The first-order valence-electron chi connectivity index (χ1n) is 17.0. The zero-order chi connectivity index (χ0) is 34.8. The Balaban J connectivity index is 1.44. The molecule has 1 aromatic heterocycles. The van der Waals surface area contributed by atoms with Crippen LogP contribution < -0.4 is 10.9 Å². The molecule has 1 N–H and O–H groups in total. The highest BCUT2D eigenvalue weighted by Crippen LogP contribution is 2.44. The van der Waals surface area contributed by atoms with Gasteiger partial charge in [-0.05, 0) is 67.9 Å². The normalized spacial score (nSPS) is 13.0. The second-order valence-electron chi connectivity index (χ2n) is 13.5. The third kappa shape index (κ3) is 9.75. The van der Waals surface area contributed by atoms with Crippen LogP contribution in [0.1, 0.15) is 95.8 Å². The number of ether oxygens (including phenoxy) is 2. The van der Waals surface area contributed by atoms with E-state index in [1.807, 2.05) is 48.5 Å². The number of hydrogen-bond acceptors (Lipinski definition) is 7. The largest absolute Gasteiger partial charge is 0.460 e. The van der Waals surface area contributed by atoms with Gasteiger partial charge in [0.15, 0.2) is 11.6 Å². The molecule has 1 amide bonds. The van der Waals surface area contributed by atoms with Gasteiger partial charge in [-0.15, -0.1) is 0 Å². The van der Waals surface area contributed by atoms with Gasteiger partial charge in [0.1, 0.15) is 12.2 Å². The quantitative estimate of drug-likeness (QED) is 0.169. The molecule has 0 aliphatic heterocycles. The van der Waals surface area contributed by atoms with Crippen molar-refractivity contribution >= 4 is 23.6 Å². The minimum atomic E-state index is -1.11. The van der Waals surface area contributed by atoms with Crippen molar-refractivity contribution in [3.8, 4) is 11.1 Å². The van der Waals surface area contributed by atoms with Crippen LogP contribution in [0.25, 0.3) is 11.1 Å². The molecule has 256 valence electrons. The Labute approximate surface area is 283 Å². The summed E-state index contributed by atoms with van der Waals surface area (Å²) in [7, 11) is 0. The van der Waals surface area contributed by atoms with Gasteiger partial charge in [0.2, 0.25) is 0 Å². The maximum atomic E-state index is 13.6. The monoisotopic (exact) mass is 656 g/mol. The topological polar surface area (TPSA) is 121 Å². The lowest BCUT2D eigenvalue weighted by atomic mass is 9.96. The standard InChI is InChI=1S/C39H48N2O7/c1-6-26(7-2)18-19-28(42)24-41-22-12-13-27(37(41)45)23-35(43)34(20-21-36(44)48-39(3,4)5)40-38(46)47-25-33-31-16-10-8-14-29(31)30-15-9-11-17-32(30)33/h8-17,22,26,33-34H,6-7,18-21,23-25H2,1-5H3,(H,40,46)/t34-/m0/s1. The molecule has 4 rings (SSSR count). The Morgan fingerprint density at radius 3 is 2.08 bits per heavy atom. The fraction of sp³-hybridized carbons (Fsp3) is 0.462. The molecule has 1 atom stereocenters. The van der Waals surface area contributed by atoms with Gasteiger partial charge in [0.25, 0.3) is 5.56 Å². The first-order chi connectivity index (χ1) is 22.9. The number of carbonyl (C=O) groups is 4. The van der Waals surface area contributed by atoms with Gasteiger partial charge in [-0.1, -0.05) is 81.3 Å². The molecule has 2 aromatic carbocycles. The Kier molecular flexibility index (Phi) is 12.5. The summed E-state index contributed by atoms with van der Waals surface area (Å²) in [5.41, 5.74) is 3.34. The van der Waals surface area contributed by atoms with E-state index in [0.29, 0.717) is 12.3 Å². The van der Waals surface area contributed by atoms with Gasteiger partial charge in [0, 0.05) is 36.9 Å². The average Bonchev–Trinajstić information content (AvgIpc) is 3.37. The van der Waals surface area contributed by atoms with Crippen LogP contribution in [0.4, 0.5) is 4.79 Å². The van der Waals surface area contributed by atoms with Crippen LogP contribution in [-0.2, 0) is 36.8 Å². The molecule has 0 fully saturated rings. The van der Waals surface area contributed by atoms with Crippen LogP contribution in [0, 0.1) is 5.92 Å². The number of alkyl carbamates (subject to hydrolysis) is 1. The number of nitrogens with one attached hydrogen (secondary N) is 1. The summed E-state index contributed by atoms with van der Waals surface area (Å²) in [5.74, 6) is -0.708.